The molecule has 0 saturated carbocycles. The van der Waals surface area contributed by atoms with Gasteiger partial charge in [0.05, 0.1) is 4.90 Å². The van der Waals surface area contributed by atoms with E-state index in [1.807, 2.05) is 6.92 Å². The third kappa shape index (κ3) is 4.11. The predicted molar refractivity (Wildman–Crippen MR) is 71.2 cm³/mol. The van der Waals surface area contributed by atoms with Gasteiger partial charge >= 0.3 is 0 Å². The van der Waals surface area contributed by atoms with Crippen molar-refractivity contribution in [1.29, 1.82) is 0 Å². The maximum absolute atomic E-state index is 13.1. The highest BCUT2D eigenvalue weighted by molar-refractivity contribution is 7.89. The van der Waals surface area contributed by atoms with Gasteiger partial charge in [-0.2, -0.15) is 8.78 Å². The number of halogens is 2. The molecule has 1 rings (SSSR count). The Bertz CT molecular complexity index is 591. The highest BCUT2D eigenvalue weighted by Crippen LogP contribution is 2.31. The van der Waals surface area contributed by atoms with Crippen molar-refractivity contribution in [2.24, 2.45) is 5.14 Å². The number of allylic oxidation sites excluding steroid dienone is 1. The van der Waals surface area contributed by atoms with Gasteiger partial charge in [0.25, 0.3) is 6.08 Å². The van der Waals surface area contributed by atoms with E-state index in [1.54, 1.807) is 6.92 Å². The molecule has 0 unspecified atom stereocenters. The molecule has 6 heteroatoms. The molecule has 0 saturated heterocycles. The molecule has 2 N–H and O–H groups in total. The molecular weight excluding hydrogens is 272 g/mol. The fourth-order valence-corrected chi connectivity index (χ4v) is 2.56. The second kappa shape index (κ2) is 6.25. The maximum atomic E-state index is 13.1. The lowest BCUT2D eigenvalue weighted by atomic mass is 10.00. The van der Waals surface area contributed by atoms with Crippen molar-refractivity contribution >= 4 is 15.6 Å². The number of unbranched alkanes of at least 4 members (excludes halogenated alkanes) is 1. The average Bonchev–Trinajstić information content (AvgIpc) is 2.27. The van der Waals surface area contributed by atoms with Crippen molar-refractivity contribution in [2.45, 2.75) is 38.0 Å². The maximum Gasteiger partial charge on any atom is 0.274 e. The monoisotopic (exact) mass is 289 g/mol. The minimum atomic E-state index is -4.02. The summed E-state index contributed by atoms with van der Waals surface area (Å²) in [7, 11) is -4.02. The summed E-state index contributed by atoms with van der Waals surface area (Å²) >= 11 is 0. The SMILES string of the molecule is CCCCC(=C(F)F)c1cc(C)ccc1S(N)(=O)=O. The third-order valence-electron chi connectivity index (χ3n) is 2.78. The normalized spacial score (nSPS) is 11.4. The Kier molecular flexibility index (Phi) is 5.20. The molecule has 1 aromatic carbocycles. The molecule has 3 nitrogen and oxygen atoms in total. The minimum absolute atomic E-state index is 0.0101. The highest BCUT2D eigenvalue weighted by Gasteiger charge is 2.19. The lowest BCUT2D eigenvalue weighted by molar-refractivity contribution is 0.422. The van der Waals surface area contributed by atoms with Gasteiger partial charge in [0.15, 0.2) is 0 Å². The van der Waals surface area contributed by atoms with Gasteiger partial charge in [0, 0.05) is 11.1 Å². The molecule has 0 amide bonds. The standard InChI is InChI=1S/C13H17F2NO2S/c1-3-4-5-10(13(14)15)11-8-9(2)6-7-12(11)19(16,17)18/h6-8H,3-5H2,1-2H3,(H2,16,17,18). The Hall–Kier alpha value is -1.27. The Balaban J connectivity index is 3.46. The first kappa shape index (κ1) is 15.8. The summed E-state index contributed by atoms with van der Waals surface area (Å²) in [6.45, 7) is 3.59. The van der Waals surface area contributed by atoms with E-state index in [4.69, 9.17) is 5.14 Å². The van der Waals surface area contributed by atoms with Gasteiger partial charge in [-0.25, -0.2) is 13.6 Å². The zero-order valence-corrected chi connectivity index (χ0v) is 11.7. The molecule has 0 heterocycles. The molecule has 0 atom stereocenters. The number of nitrogens with two attached hydrogens (primary N) is 1. The van der Waals surface area contributed by atoms with Crippen LogP contribution in [-0.2, 0) is 10.0 Å². The number of hydrogen-bond acceptors (Lipinski definition) is 2. The van der Waals surface area contributed by atoms with Crippen molar-refractivity contribution in [3.05, 3.63) is 35.4 Å². The molecule has 1 aromatic rings. The van der Waals surface area contributed by atoms with Crippen LogP contribution in [0, 0.1) is 6.92 Å². The third-order valence-corrected chi connectivity index (χ3v) is 3.74. The summed E-state index contributed by atoms with van der Waals surface area (Å²) in [5.41, 5.74) is 0.475. The Morgan fingerprint density at radius 1 is 1.32 bits per heavy atom. The van der Waals surface area contributed by atoms with Crippen LogP contribution in [0.1, 0.15) is 37.3 Å². The smallest absolute Gasteiger partial charge is 0.225 e. The summed E-state index contributed by atoms with van der Waals surface area (Å²) < 4.78 is 49.1. The van der Waals surface area contributed by atoms with Crippen LogP contribution < -0.4 is 5.14 Å². The van der Waals surface area contributed by atoms with Crippen LogP contribution >= 0.6 is 0 Å². The second-order valence-corrected chi connectivity index (χ2v) is 5.92. The topological polar surface area (TPSA) is 60.2 Å². The molecule has 0 aliphatic heterocycles. The molecule has 0 fully saturated rings. The Morgan fingerprint density at radius 2 is 1.95 bits per heavy atom. The number of primary sulfonamides is 1. The summed E-state index contributed by atoms with van der Waals surface area (Å²) in [5, 5.41) is 5.08. The number of hydrogen-bond donors (Lipinski definition) is 1. The van der Waals surface area contributed by atoms with Crippen LogP contribution in [0.15, 0.2) is 29.2 Å². The van der Waals surface area contributed by atoms with Gasteiger partial charge in [0.1, 0.15) is 0 Å². The van der Waals surface area contributed by atoms with Gasteiger partial charge in [-0.3, -0.25) is 0 Å². The first-order valence-electron chi connectivity index (χ1n) is 5.95. The summed E-state index contributed by atoms with van der Waals surface area (Å²) in [6, 6.07) is 4.25. The zero-order valence-electron chi connectivity index (χ0n) is 10.9. The fourth-order valence-electron chi connectivity index (χ4n) is 1.81. The van der Waals surface area contributed by atoms with Crippen molar-refractivity contribution in [3.63, 3.8) is 0 Å². The molecule has 0 spiro atoms. The molecule has 106 valence electrons. The van der Waals surface area contributed by atoms with Gasteiger partial charge < -0.3 is 0 Å². The lowest BCUT2D eigenvalue weighted by Gasteiger charge is -2.12. The summed E-state index contributed by atoms with van der Waals surface area (Å²) in [5.74, 6) is 0. The predicted octanol–water partition coefficient (Wildman–Crippen LogP) is 3.44. The fraction of sp³-hybridized carbons (Fsp3) is 0.385. The van der Waals surface area contributed by atoms with Crippen LogP contribution in [0.25, 0.3) is 5.57 Å². The van der Waals surface area contributed by atoms with E-state index >= 15 is 0 Å². The highest BCUT2D eigenvalue weighted by atomic mass is 32.2. The van der Waals surface area contributed by atoms with Crippen molar-refractivity contribution in [1.82, 2.24) is 0 Å². The molecule has 0 radical (unpaired) electrons. The number of sulfonamides is 1. The van der Waals surface area contributed by atoms with E-state index in [1.165, 1.54) is 18.2 Å². The van der Waals surface area contributed by atoms with Crippen LogP contribution in [0.3, 0.4) is 0 Å². The van der Waals surface area contributed by atoms with Crippen LogP contribution in [0.2, 0.25) is 0 Å². The number of rotatable bonds is 5. The van der Waals surface area contributed by atoms with E-state index in [9.17, 15) is 17.2 Å². The largest absolute Gasteiger partial charge is 0.274 e. The Labute approximate surface area is 112 Å². The van der Waals surface area contributed by atoms with E-state index in [-0.39, 0.29) is 22.5 Å². The van der Waals surface area contributed by atoms with E-state index < -0.39 is 16.1 Å². The van der Waals surface area contributed by atoms with E-state index in [0.29, 0.717) is 12.0 Å². The molecule has 19 heavy (non-hydrogen) atoms. The van der Waals surface area contributed by atoms with Crippen molar-refractivity contribution in [2.75, 3.05) is 0 Å². The van der Waals surface area contributed by atoms with Crippen LogP contribution in [0.5, 0.6) is 0 Å². The number of benzene rings is 1. The van der Waals surface area contributed by atoms with Crippen molar-refractivity contribution < 1.29 is 17.2 Å². The lowest BCUT2D eigenvalue weighted by Crippen LogP contribution is -2.14. The first-order chi connectivity index (χ1) is 8.77. The van der Waals surface area contributed by atoms with Gasteiger partial charge in [0.2, 0.25) is 10.0 Å². The molecule has 0 bridgehead atoms. The number of aryl methyl sites for hydroxylation is 1. The van der Waals surface area contributed by atoms with E-state index in [2.05, 4.69) is 0 Å². The Morgan fingerprint density at radius 3 is 2.42 bits per heavy atom. The first-order valence-corrected chi connectivity index (χ1v) is 7.50. The van der Waals surface area contributed by atoms with E-state index in [0.717, 1.165) is 6.42 Å². The second-order valence-electron chi connectivity index (χ2n) is 4.39. The van der Waals surface area contributed by atoms with Crippen LogP contribution in [0.4, 0.5) is 8.78 Å². The van der Waals surface area contributed by atoms with Crippen LogP contribution in [-0.4, -0.2) is 8.42 Å². The summed E-state index contributed by atoms with van der Waals surface area (Å²) in [4.78, 5) is -0.253. The molecule has 0 aromatic heterocycles. The van der Waals surface area contributed by atoms with Gasteiger partial charge in [-0.05, 0) is 25.8 Å². The summed E-state index contributed by atoms with van der Waals surface area (Å²) in [6.07, 6.45) is -0.424. The molecular formula is C13H17F2NO2S. The molecule has 0 aliphatic carbocycles. The molecule has 0 aliphatic rings. The zero-order chi connectivity index (χ0) is 14.6. The van der Waals surface area contributed by atoms with Gasteiger partial charge in [-0.1, -0.05) is 31.0 Å². The quantitative estimate of drug-likeness (QED) is 0.902. The average molecular weight is 289 g/mol. The van der Waals surface area contributed by atoms with Crippen molar-refractivity contribution in [3.8, 4) is 0 Å². The van der Waals surface area contributed by atoms with Gasteiger partial charge in [-0.15, -0.1) is 0 Å². The minimum Gasteiger partial charge on any atom is -0.225 e.